The third-order valence-corrected chi connectivity index (χ3v) is 5.69. The molecule has 1 unspecified atom stereocenters. The molecule has 0 fully saturated rings. The molecule has 0 bridgehead atoms. The van der Waals surface area contributed by atoms with E-state index in [0.717, 1.165) is 0 Å². The van der Waals surface area contributed by atoms with Gasteiger partial charge >= 0.3 is 0 Å². The number of anilines is 1. The Kier molecular flexibility index (Phi) is 4.52. The maximum absolute atomic E-state index is 14.9. The predicted molar refractivity (Wildman–Crippen MR) is 116 cm³/mol. The average Bonchev–Trinajstić information content (AvgIpc) is 3.06. The first kappa shape index (κ1) is 19.3. The van der Waals surface area contributed by atoms with E-state index in [0.29, 0.717) is 22.4 Å². The number of nitrogens with zero attached hydrogens (tertiary/aromatic N) is 1. The van der Waals surface area contributed by atoms with Crippen molar-refractivity contribution in [3.8, 4) is 5.75 Å². The topological polar surface area (TPSA) is 59.8 Å². The lowest BCUT2D eigenvalue weighted by atomic mass is 9.98. The van der Waals surface area contributed by atoms with Crippen LogP contribution < -0.4 is 15.1 Å². The summed E-state index contributed by atoms with van der Waals surface area (Å²) in [5.74, 6) is -0.765. The number of amides is 1. The largest absolute Gasteiger partial charge is 0.495 e. The molecule has 0 saturated carbocycles. The molecule has 5 nitrogen and oxygen atoms in total. The van der Waals surface area contributed by atoms with Gasteiger partial charge in [-0.1, -0.05) is 41.9 Å². The average molecular weight is 436 g/mol. The quantitative estimate of drug-likeness (QED) is 0.435. The Morgan fingerprint density at radius 3 is 2.52 bits per heavy atom. The SMILES string of the molecule is COc1ccc(N2C(=O)c3oc4ccccc4c(=O)c3C2c2ccccc2F)cc1Cl. The summed E-state index contributed by atoms with van der Waals surface area (Å²) in [5, 5.41) is 0.602. The molecule has 1 atom stereocenters. The molecule has 7 heteroatoms. The smallest absolute Gasteiger partial charge is 0.295 e. The van der Waals surface area contributed by atoms with Crippen LogP contribution in [0.25, 0.3) is 11.0 Å². The number of fused-ring (bicyclic) bond motifs is 2. The molecule has 0 spiro atoms. The first-order valence-corrected chi connectivity index (χ1v) is 9.86. The van der Waals surface area contributed by atoms with Crippen molar-refractivity contribution in [1.29, 1.82) is 0 Å². The van der Waals surface area contributed by atoms with E-state index in [1.54, 1.807) is 60.7 Å². The highest BCUT2D eigenvalue weighted by Crippen LogP contribution is 2.43. The maximum atomic E-state index is 14.9. The molecule has 3 aromatic carbocycles. The zero-order valence-electron chi connectivity index (χ0n) is 16.3. The van der Waals surface area contributed by atoms with Crippen LogP contribution in [0.1, 0.15) is 27.7 Å². The van der Waals surface area contributed by atoms with Crippen LogP contribution in [0.5, 0.6) is 5.75 Å². The molecule has 1 aliphatic rings. The molecule has 1 amide bonds. The van der Waals surface area contributed by atoms with Crippen LogP contribution in [0.15, 0.2) is 75.9 Å². The lowest BCUT2D eigenvalue weighted by Gasteiger charge is -2.26. The third-order valence-electron chi connectivity index (χ3n) is 5.39. The van der Waals surface area contributed by atoms with Crippen molar-refractivity contribution in [2.24, 2.45) is 0 Å². The standard InChI is InChI=1S/C24H15ClFNO4/c1-30-19-11-10-13(12-16(19)25)27-21(14-6-2-4-8-17(14)26)20-22(28)15-7-3-5-9-18(15)31-23(20)24(27)29/h2-12,21H,1H3. The summed E-state index contributed by atoms with van der Waals surface area (Å²) in [4.78, 5) is 28.2. The first-order valence-electron chi connectivity index (χ1n) is 9.48. The van der Waals surface area contributed by atoms with E-state index in [1.165, 1.54) is 18.1 Å². The number of halogens is 2. The van der Waals surface area contributed by atoms with Gasteiger partial charge < -0.3 is 9.15 Å². The zero-order valence-corrected chi connectivity index (χ0v) is 17.0. The van der Waals surface area contributed by atoms with Crippen molar-refractivity contribution in [2.45, 2.75) is 6.04 Å². The predicted octanol–water partition coefficient (Wildman–Crippen LogP) is 5.34. The van der Waals surface area contributed by atoms with Gasteiger partial charge in [0.2, 0.25) is 5.76 Å². The van der Waals surface area contributed by atoms with Crippen LogP contribution in [-0.4, -0.2) is 13.0 Å². The van der Waals surface area contributed by atoms with Crippen molar-refractivity contribution in [3.63, 3.8) is 0 Å². The highest BCUT2D eigenvalue weighted by atomic mass is 35.5. The Balaban J connectivity index is 1.82. The Morgan fingerprint density at radius 2 is 1.77 bits per heavy atom. The molecule has 0 saturated heterocycles. The van der Waals surface area contributed by atoms with Gasteiger partial charge in [0.05, 0.1) is 29.1 Å². The Bertz CT molecular complexity index is 1410. The molecule has 4 aromatic rings. The van der Waals surface area contributed by atoms with E-state index in [4.69, 9.17) is 20.8 Å². The van der Waals surface area contributed by atoms with Gasteiger partial charge in [-0.3, -0.25) is 14.5 Å². The highest BCUT2D eigenvalue weighted by molar-refractivity contribution is 6.32. The number of hydrogen-bond donors (Lipinski definition) is 0. The zero-order chi connectivity index (χ0) is 21.7. The van der Waals surface area contributed by atoms with E-state index >= 15 is 0 Å². The number of methoxy groups -OCH3 is 1. The number of para-hydroxylation sites is 1. The summed E-state index contributed by atoms with van der Waals surface area (Å²) in [6, 6.07) is 16.5. The molecule has 0 radical (unpaired) electrons. The number of hydrogen-bond acceptors (Lipinski definition) is 4. The van der Waals surface area contributed by atoms with Gasteiger partial charge in [-0.25, -0.2) is 4.39 Å². The van der Waals surface area contributed by atoms with Gasteiger partial charge in [0.1, 0.15) is 17.1 Å². The second-order valence-electron chi connectivity index (χ2n) is 7.09. The summed E-state index contributed by atoms with van der Waals surface area (Å²) in [5.41, 5.74) is 0.589. The van der Waals surface area contributed by atoms with Crippen LogP contribution in [0.4, 0.5) is 10.1 Å². The molecule has 0 aliphatic carbocycles. The third kappa shape index (κ3) is 2.91. The molecule has 31 heavy (non-hydrogen) atoms. The highest BCUT2D eigenvalue weighted by Gasteiger charge is 2.44. The fourth-order valence-corrected chi connectivity index (χ4v) is 4.23. The Morgan fingerprint density at radius 1 is 1.03 bits per heavy atom. The molecule has 1 aliphatic heterocycles. The minimum Gasteiger partial charge on any atom is -0.495 e. The van der Waals surface area contributed by atoms with Crippen LogP contribution in [0.3, 0.4) is 0 Å². The number of ether oxygens (including phenoxy) is 1. The van der Waals surface area contributed by atoms with Gasteiger partial charge in [-0.05, 0) is 36.4 Å². The lowest BCUT2D eigenvalue weighted by molar-refractivity contribution is 0.0971. The Hall–Kier alpha value is -3.64. The summed E-state index contributed by atoms with van der Waals surface area (Å²) < 4.78 is 25.9. The number of rotatable bonds is 3. The molecule has 2 heterocycles. The van der Waals surface area contributed by atoms with E-state index in [9.17, 15) is 14.0 Å². The van der Waals surface area contributed by atoms with Gasteiger partial charge in [0.15, 0.2) is 5.43 Å². The van der Waals surface area contributed by atoms with E-state index in [2.05, 4.69) is 0 Å². The molecule has 0 N–H and O–H groups in total. The fourth-order valence-electron chi connectivity index (χ4n) is 3.98. The fraction of sp³-hybridized carbons (Fsp3) is 0.0833. The van der Waals surface area contributed by atoms with Crippen molar-refractivity contribution < 1.29 is 18.3 Å². The number of benzene rings is 3. The van der Waals surface area contributed by atoms with Crippen LogP contribution in [-0.2, 0) is 0 Å². The normalized spacial score (nSPS) is 15.4. The van der Waals surface area contributed by atoms with E-state index in [1.807, 2.05) is 0 Å². The van der Waals surface area contributed by atoms with Gasteiger partial charge in [-0.2, -0.15) is 0 Å². The van der Waals surface area contributed by atoms with Gasteiger partial charge in [0, 0.05) is 11.3 Å². The van der Waals surface area contributed by atoms with Crippen molar-refractivity contribution in [2.75, 3.05) is 12.0 Å². The summed E-state index contributed by atoms with van der Waals surface area (Å²) in [7, 11) is 1.48. The molecule has 154 valence electrons. The van der Waals surface area contributed by atoms with Crippen LogP contribution in [0, 0.1) is 5.82 Å². The molecule has 5 rings (SSSR count). The minimum atomic E-state index is -1.01. The summed E-state index contributed by atoms with van der Waals surface area (Å²) in [6.45, 7) is 0. The second kappa shape index (κ2) is 7.25. The monoisotopic (exact) mass is 435 g/mol. The molecular formula is C24H15ClFNO4. The first-order chi connectivity index (χ1) is 15.0. The second-order valence-corrected chi connectivity index (χ2v) is 7.50. The van der Waals surface area contributed by atoms with Crippen molar-refractivity contribution in [3.05, 3.63) is 105 Å². The minimum absolute atomic E-state index is 0.0979. The van der Waals surface area contributed by atoms with Crippen LogP contribution in [0.2, 0.25) is 5.02 Å². The lowest BCUT2D eigenvalue weighted by Crippen LogP contribution is -2.30. The molecule has 1 aromatic heterocycles. The Labute approximate surface area is 181 Å². The van der Waals surface area contributed by atoms with Gasteiger partial charge in [-0.15, -0.1) is 0 Å². The molecular weight excluding hydrogens is 421 g/mol. The van der Waals surface area contributed by atoms with Gasteiger partial charge in [0.25, 0.3) is 5.91 Å². The summed E-state index contributed by atoms with van der Waals surface area (Å²) in [6.07, 6.45) is 0. The van der Waals surface area contributed by atoms with E-state index in [-0.39, 0.29) is 27.3 Å². The van der Waals surface area contributed by atoms with Crippen molar-refractivity contribution >= 4 is 34.2 Å². The van der Waals surface area contributed by atoms with Crippen molar-refractivity contribution in [1.82, 2.24) is 0 Å². The van der Waals surface area contributed by atoms with Crippen LogP contribution >= 0.6 is 11.6 Å². The maximum Gasteiger partial charge on any atom is 0.295 e. The number of carbonyl (C=O) groups excluding carboxylic acids is 1. The number of carbonyl (C=O) groups is 1. The van der Waals surface area contributed by atoms with E-state index < -0.39 is 17.8 Å². The summed E-state index contributed by atoms with van der Waals surface area (Å²) >= 11 is 6.29.